The van der Waals surface area contributed by atoms with Crippen LogP contribution in [0.5, 0.6) is 0 Å². The van der Waals surface area contributed by atoms with Crippen molar-refractivity contribution in [3.63, 3.8) is 0 Å². The van der Waals surface area contributed by atoms with Crippen LogP contribution < -0.4 is 5.73 Å². The standard InChI is InChI=1S/C14H18F2N2O2/c15-14(16)7-6-12(8-17)18(10-14)13(19)20-9-11-4-2-1-3-5-11/h1-5,12H,6-10,17H2/t12-/m0/s1. The van der Waals surface area contributed by atoms with E-state index in [0.717, 1.165) is 10.5 Å². The minimum Gasteiger partial charge on any atom is -0.445 e. The Balaban J connectivity index is 1.95. The van der Waals surface area contributed by atoms with E-state index in [-0.39, 0.29) is 32.0 Å². The average molecular weight is 284 g/mol. The summed E-state index contributed by atoms with van der Waals surface area (Å²) < 4.78 is 31.9. The summed E-state index contributed by atoms with van der Waals surface area (Å²) in [7, 11) is 0. The van der Waals surface area contributed by atoms with Gasteiger partial charge in [0.1, 0.15) is 6.61 Å². The fourth-order valence-electron chi connectivity index (χ4n) is 2.25. The molecule has 1 amide bonds. The van der Waals surface area contributed by atoms with Gasteiger partial charge in [-0.2, -0.15) is 0 Å². The van der Waals surface area contributed by atoms with Gasteiger partial charge >= 0.3 is 6.09 Å². The summed E-state index contributed by atoms with van der Waals surface area (Å²) in [5.74, 6) is -2.86. The maximum absolute atomic E-state index is 13.4. The van der Waals surface area contributed by atoms with Crippen LogP contribution in [-0.4, -0.2) is 36.0 Å². The number of amides is 1. The molecule has 1 saturated heterocycles. The second kappa shape index (κ2) is 6.17. The molecule has 1 aromatic carbocycles. The van der Waals surface area contributed by atoms with E-state index in [2.05, 4.69) is 0 Å². The molecule has 110 valence electrons. The lowest BCUT2D eigenvalue weighted by atomic mass is 10.00. The Hall–Kier alpha value is -1.69. The summed E-state index contributed by atoms with van der Waals surface area (Å²) in [5, 5.41) is 0. The molecule has 0 aliphatic carbocycles. The Morgan fingerprint density at radius 2 is 2.10 bits per heavy atom. The number of carbonyl (C=O) groups excluding carboxylic acids is 1. The van der Waals surface area contributed by atoms with Gasteiger partial charge < -0.3 is 10.5 Å². The molecule has 1 aromatic rings. The molecule has 20 heavy (non-hydrogen) atoms. The molecule has 0 unspecified atom stereocenters. The summed E-state index contributed by atoms with van der Waals surface area (Å²) in [6.45, 7) is -0.391. The van der Waals surface area contributed by atoms with E-state index in [0.29, 0.717) is 0 Å². The fraction of sp³-hybridized carbons (Fsp3) is 0.500. The maximum atomic E-state index is 13.4. The van der Waals surface area contributed by atoms with Crippen LogP contribution in [0.15, 0.2) is 30.3 Å². The van der Waals surface area contributed by atoms with E-state index in [1.165, 1.54) is 0 Å². The number of hydrogen-bond donors (Lipinski definition) is 1. The third-order valence-corrected chi connectivity index (χ3v) is 3.40. The van der Waals surface area contributed by atoms with Crippen molar-refractivity contribution < 1.29 is 18.3 Å². The zero-order valence-corrected chi connectivity index (χ0v) is 11.1. The van der Waals surface area contributed by atoms with Crippen molar-refractivity contribution in [2.24, 2.45) is 5.73 Å². The summed E-state index contributed by atoms with van der Waals surface area (Å²) in [6.07, 6.45) is -0.773. The molecule has 0 radical (unpaired) electrons. The molecule has 0 bridgehead atoms. The summed E-state index contributed by atoms with van der Waals surface area (Å²) in [6, 6.07) is 8.72. The summed E-state index contributed by atoms with van der Waals surface area (Å²) in [4.78, 5) is 13.0. The van der Waals surface area contributed by atoms with Gasteiger partial charge in [-0.3, -0.25) is 4.90 Å². The van der Waals surface area contributed by atoms with Crippen LogP contribution in [0.2, 0.25) is 0 Å². The van der Waals surface area contributed by atoms with Gasteiger partial charge in [0.05, 0.1) is 6.54 Å². The summed E-state index contributed by atoms with van der Waals surface area (Å²) in [5.41, 5.74) is 6.35. The largest absolute Gasteiger partial charge is 0.445 e. The van der Waals surface area contributed by atoms with Crippen LogP contribution in [0.25, 0.3) is 0 Å². The van der Waals surface area contributed by atoms with Gasteiger partial charge in [0.25, 0.3) is 5.92 Å². The second-order valence-electron chi connectivity index (χ2n) is 4.95. The molecular weight excluding hydrogens is 266 g/mol. The van der Waals surface area contributed by atoms with E-state index in [4.69, 9.17) is 10.5 Å². The highest BCUT2D eigenvalue weighted by atomic mass is 19.3. The quantitative estimate of drug-likeness (QED) is 0.927. The molecular formula is C14H18F2N2O2. The number of nitrogens with two attached hydrogens (primary N) is 1. The summed E-state index contributed by atoms with van der Waals surface area (Å²) >= 11 is 0. The first-order chi connectivity index (χ1) is 9.52. The Morgan fingerprint density at radius 1 is 1.40 bits per heavy atom. The average Bonchev–Trinajstić information content (AvgIpc) is 2.45. The first-order valence-corrected chi connectivity index (χ1v) is 6.57. The van der Waals surface area contributed by atoms with Crippen LogP contribution in [-0.2, 0) is 11.3 Å². The van der Waals surface area contributed by atoms with Crippen LogP contribution in [0, 0.1) is 0 Å². The maximum Gasteiger partial charge on any atom is 0.410 e. The minimum atomic E-state index is -2.86. The van der Waals surface area contributed by atoms with E-state index in [9.17, 15) is 13.6 Å². The number of piperidine rings is 1. The van der Waals surface area contributed by atoms with Gasteiger partial charge in [-0.05, 0) is 12.0 Å². The Labute approximate surface area is 116 Å². The minimum absolute atomic E-state index is 0.0685. The number of alkyl halides is 2. The zero-order valence-electron chi connectivity index (χ0n) is 11.1. The molecule has 6 heteroatoms. The third kappa shape index (κ3) is 3.66. The molecule has 0 aromatic heterocycles. The van der Waals surface area contributed by atoms with Gasteiger partial charge in [0.2, 0.25) is 0 Å². The van der Waals surface area contributed by atoms with E-state index in [1.54, 1.807) is 12.1 Å². The van der Waals surface area contributed by atoms with Crippen LogP contribution in [0.3, 0.4) is 0 Å². The Bertz CT molecular complexity index is 454. The van der Waals surface area contributed by atoms with E-state index < -0.39 is 18.6 Å². The molecule has 1 aliphatic rings. The van der Waals surface area contributed by atoms with Crippen molar-refractivity contribution in [1.29, 1.82) is 0 Å². The second-order valence-corrected chi connectivity index (χ2v) is 4.95. The molecule has 1 fully saturated rings. The number of nitrogens with zero attached hydrogens (tertiary/aromatic N) is 1. The SMILES string of the molecule is NC[C@@H]1CCC(F)(F)CN1C(=O)OCc1ccccc1. The lowest BCUT2D eigenvalue weighted by Gasteiger charge is -2.38. The lowest BCUT2D eigenvalue weighted by Crippen LogP contribution is -2.54. The van der Waals surface area contributed by atoms with Crippen molar-refractivity contribution in [3.8, 4) is 0 Å². The predicted molar refractivity (Wildman–Crippen MR) is 70.4 cm³/mol. The van der Waals surface area contributed by atoms with Crippen molar-refractivity contribution in [2.45, 2.75) is 31.4 Å². The molecule has 2 N–H and O–H groups in total. The number of carbonyl (C=O) groups is 1. The van der Waals surface area contributed by atoms with Crippen LogP contribution in [0.4, 0.5) is 13.6 Å². The monoisotopic (exact) mass is 284 g/mol. The number of likely N-dealkylation sites (tertiary alicyclic amines) is 1. The van der Waals surface area contributed by atoms with Gasteiger partial charge in [-0.1, -0.05) is 30.3 Å². The lowest BCUT2D eigenvalue weighted by molar-refractivity contribution is -0.0766. The van der Waals surface area contributed by atoms with Crippen LogP contribution >= 0.6 is 0 Å². The zero-order chi connectivity index (χ0) is 14.6. The van der Waals surface area contributed by atoms with Crippen molar-refractivity contribution in [1.82, 2.24) is 4.90 Å². The smallest absolute Gasteiger partial charge is 0.410 e. The van der Waals surface area contributed by atoms with Gasteiger partial charge in [0.15, 0.2) is 0 Å². The highest BCUT2D eigenvalue weighted by Gasteiger charge is 2.42. The number of benzene rings is 1. The number of rotatable bonds is 3. The molecule has 4 nitrogen and oxygen atoms in total. The van der Waals surface area contributed by atoms with Gasteiger partial charge in [0, 0.05) is 19.0 Å². The number of ether oxygens (including phenoxy) is 1. The predicted octanol–water partition coefficient (Wildman–Crippen LogP) is 2.38. The fourth-order valence-corrected chi connectivity index (χ4v) is 2.25. The number of hydrogen-bond acceptors (Lipinski definition) is 3. The molecule has 0 spiro atoms. The third-order valence-electron chi connectivity index (χ3n) is 3.40. The molecule has 0 saturated carbocycles. The first-order valence-electron chi connectivity index (χ1n) is 6.57. The van der Waals surface area contributed by atoms with Crippen LogP contribution in [0.1, 0.15) is 18.4 Å². The van der Waals surface area contributed by atoms with Crippen molar-refractivity contribution >= 4 is 6.09 Å². The molecule has 2 rings (SSSR count). The Kier molecular flexibility index (Phi) is 4.54. The molecule has 1 heterocycles. The topological polar surface area (TPSA) is 55.6 Å². The van der Waals surface area contributed by atoms with Gasteiger partial charge in [-0.15, -0.1) is 0 Å². The van der Waals surface area contributed by atoms with Crippen molar-refractivity contribution in [3.05, 3.63) is 35.9 Å². The van der Waals surface area contributed by atoms with E-state index in [1.807, 2.05) is 18.2 Å². The van der Waals surface area contributed by atoms with E-state index >= 15 is 0 Å². The first kappa shape index (κ1) is 14.7. The highest BCUT2D eigenvalue weighted by molar-refractivity contribution is 5.68. The van der Waals surface area contributed by atoms with Gasteiger partial charge in [-0.25, -0.2) is 13.6 Å². The molecule has 1 atom stereocenters. The normalized spacial score (nSPS) is 21.6. The van der Waals surface area contributed by atoms with Crippen molar-refractivity contribution in [2.75, 3.05) is 13.1 Å². The number of halogens is 2. The molecule has 1 aliphatic heterocycles. The highest BCUT2D eigenvalue weighted by Crippen LogP contribution is 2.30. The Morgan fingerprint density at radius 3 is 2.75 bits per heavy atom.